The van der Waals surface area contributed by atoms with E-state index in [2.05, 4.69) is 27.4 Å². The Morgan fingerprint density at radius 3 is 2.95 bits per heavy atom. The molecule has 0 saturated heterocycles. The van der Waals surface area contributed by atoms with E-state index in [0.29, 0.717) is 11.5 Å². The van der Waals surface area contributed by atoms with Crippen LogP contribution in [0.5, 0.6) is 0 Å². The molecule has 0 fully saturated rings. The maximum Gasteiger partial charge on any atom is 0.322 e. The summed E-state index contributed by atoms with van der Waals surface area (Å²) in [5.41, 5.74) is 5.58. The number of hydrogen-bond donors (Lipinski definition) is 2. The first kappa shape index (κ1) is 13.7. The van der Waals surface area contributed by atoms with Crippen LogP contribution < -0.4 is 11.1 Å². The molecule has 0 aliphatic rings. The molecular formula is C13H11FN4O2. The maximum absolute atomic E-state index is 13.6. The summed E-state index contributed by atoms with van der Waals surface area (Å²) in [5, 5.41) is 9.46. The molecule has 7 heteroatoms. The number of carbonyl (C=O) groups excluding carboxylic acids is 1. The minimum atomic E-state index is -0.692. The van der Waals surface area contributed by atoms with Gasteiger partial charge < -0.3 is 10.2 Å². The summed E-state index contributed by atoms with van der Waals surface area (Å²) >= 11 is 0. The number of benzene rings is 1. The van der Waals surface area contributed by atoms with Gasteiger partial charge in [-0.25, -0.2) is 4.39 Å². The topological polar surface area (TPSA) is 94.0 Å². The van der Waals surface area contributed by atoms with Crippen LogP contribution in [0.2, 0.25) is 0 Å². The minimum Gasteiger partial charge on any atom is -0.408 e. The predicted molar refractivity (Wildman–Crippen MR) is 69.3 cm³/mol. The van der Waals surface area contributed by atoms with Crippen LogP contribution in [-0.2, 0) is 0 Å². The van der Waals surface area contributed by atoms with Crippen molar-refractivity contribution >= 4 is 11.9 Å². The first-order valence-electron chi connectivity index (χ1n) is 5.70. The van der Waals surface area contributed by atoms with Gasteiger partial charge in [-0.1, -0.05) is 16.9 Å². The van der Waals surface area contributed by atoms with E-state index in [4.69, 9.17) is 10.2 Å². The second-order valence-corrected chi connectivity index (χ2v) is 3.78. The lowest BCUT2D eigenvalue weighted by atomic mass is 10.1. The van der Waals surface area contributed by atoms with Gasteiger partial charge in [-0.05, 0) is 18.2 Å². The molecule has 0 atom stereocenters. The molecule has 2 rings (SSSR count). The van der Waals surface area contributed by atoms with Gasteiger partial charge in [-0.2, -0.15) is 0 Å². The highest BCUT2D eigenvalue weighted by molar-refractivity contribution is 6.03. The van der Waals surface area contributed by atoms with Crippen molar-refractivity contribution in [1.82, 2.24) is 10.2 Å². The fourth-order valence-electron chi connectivity index (χ4n) is 1.44. The van der Waals surface area contributed by atoms with E-state index in [9.17, 15) is 9.18 Å². The van der Waals surface area contributed by atoms with Crippen LogP contribution in [0.15, 0.2) is 22.6 Å². The smallest absolute Gasteiger partial charge is 0.322 e. The van der Waals surface area contributed by atoms with E-state index in [1.165, 1.54) is 12.1 Å². The van der Waals surface area contributed by atoms with Gasteiger partial charge in [0, 0.05) is 12.5 Å². The van der Waals surface area contributed by atoms with Crippen LogP contribution in [0.1, 0.15) is 21.8 Å². The Morgan fingerprint density at radius 1 is 1.50 bits per heavy atom. The fraction of sp³-hybridized carbons (Fsp3) is 0.154. The van der Waals surface area contributed by atoms with Gasteiger partial charge in [0.15, 0.2) is 0 Å². The molecule has 2 aromatic rings. The lowest BCUT2D eigenvalue weighted by Gasteiger charge is -2.03. The summed E-state index contributed by atoms with van der Waals surface area (Å²) in [7, 11) is 0. The third-order valence-corrected chi connectivity index (χ3v) is 2.29. The van der Waals surface area contributed by atoms with Gasteiger partial charge >= 0.3 is 6.01 Å². The molecule has 0 saturated carbocycles. The quantitative estimate of drug-likeness (QED) is 0.799. The molecule has 3 N–H and O–H groups in total. The highest BCUT2D eigenvalue weighted by Gasteiger charge is 2.15. The Bertz CT molecular complexity index is 700. The molecule has 1 aromatic carbocycles. The number of nitrogens with one attached hydrogen (secondary N) is 1. The number of rotatable bonds is 2. The molecule has 0 aliphatic carbocycles. The van der Waals surface area contributed by atoms with Crippen molar-refractivity contribution in [3.63, 3.8) is 0 Å². The largest absolute Gasteiger partial charge is 0.408 e. The van der Waals surface area contributed by atoms with Crippen molar-refractivity contribution < 1.29 is 13.6 Å². The van der Waals surface area contributed by atoms with Crippen molar-refractivity contribution in [3.05, 3.63) is 41.0 Å². The van der Waals surface area contributed by atoms with E-state index < -0.39 is 11.7 Å². The summed E-state index contributed by atoms with van der Waals surface area (Å²) in [6.07, 6.45) is 0. The maximum atomic E-state index is 13.6. The van der Waals surface area contributed by atoms with Gasteiger partial charge in [-0.3, -0.25) is 10.1 Å². The van der Waals surface area contributed by atoms with Crippen LogP contribution >= 0.6 is 0 Å². The summed E-state index contributed by atoms with van der Waals surface area (Å²) in [6.45, 7) is 1.76. The van der Waals surface area contributed by atoms with Crippen LogP contribution in [-0.4, -0.2) is 22.6 Å². The molecular weight excluding hydrogens is 263 g/mol. The third kappa shape index (κ3) is 3.18. The van der Waals surface area contributed by atoms with Gasteiger partial charge in [0.05, 0.1) is 12.1 Å². The average molecular weight is 274 g/mol. The number of aromatic nitrogens is 2. The van der Waals surface area contributed by atoms with Crippen molar-refractivity contribution in [1.29, 1.82) is 0 Å². The van der Waals surface area contributed by atoms with E-state index >= 15 is 0 Å². The lowest BCUT2D eigenvalue weighted by molar-refractivity contribution is 0.102. The summed E-state index contributed by atoms with van der Waals surface area (Å²) in [4.78, 5) is 11.9. The van der Waals surface area contributed by atoms with Gasteiger partial charge in [0.25, 0.3) is 5.91 Å². The second kappa shape index (κ2) is 5.95. The first-order chi connectivity index (χ1) is 9.60. The molecule has 20 heavy (non-hydrogen) atoms. The summed E-state index contributed by atoms with van der Waals surface area (Å²) in [5.74, 6) is 4.28. The van der Waals surface area contributed by atoms with Crippen LogP contribution in [0.4, 0.5) is 10.4 Å². The Labute approximate surface area is 114 Å². The van der Waals surface area contributed by atoms with Crippen molar-refractivity contribution in [2.75, 3.05) is 11.9 Å². The lowest BCUT2D eigenvalue weighted by Crippen LogP contribution is -2.14. The number of nitrogens with two attached hydrogens (primary N) is 1. The normalized spacial score (nSPS) is 9.75. The van der Waals surface area contributed by atoms with Crippen molar-refractivity contribution in [3.8, 4) is 11.8 Å². The third-order valence-electron chi connectivity index (χ3n) is 2.29. The standard InChI is InChI=1S/C13H11FN4O2/c1-8-17-18-13(20-8)16-12(19)10-7-9(3-2-6-15)4-5-11(10)14/h4-5,7H,6,15H2,1H3,(H,16,18,19). The number of carbonyl (C=O) groups is 1. The molecule has 1 heterocycles. The zero-order valence-corrected chi connectivity index (χ0v) is 10.6. The minimum absolute atomic E-state index is 0.0923. The fourth-order valence-corrected chi connectivity index (χ4v) is 1.44. The van der Waals surface area contributed by atoms with Gasteiger partial charge in [0.1, 0.15) is 5.82 Å². The number of aryl methyl sites for hydroxylation is 1. The molecule has 1 aromatic heterocycles. The number of amides is 1. The van der Waals surface area contributed by atoms with Crippen LogP contribution in [0, 0.1) is 24.6 Å². The van der Waals surface area contributed by atoms with Crippen LogP contribution in [0.3, 0.4) is 0 Å². The van der Waals surface area contributed by atoms with Gasteiger partial charge in [0.2, 0.25) is 5.89 Å². The zero-order valence-electron chi connectivity index (χ0n) is 10.6. The molecule has 0 unspecified atom stereocenters. The first-order valence-corrected chi connectivity index (χ1v) is 5.70. The summed E-state index contributed by atoms with van der Waals surface area (Å²) < 4.78 is 18.6. The number of anilines is 1. The van der Waals surface area contributed by atoms with Crippen LogP contribution in [0.25, 0.3) is 0 Å². The average Bonchev–Trinajstić information content (AvgIpc) is 2.83. The predicted octanol–water partition coefficient (Wildman–Crippen LogP) is 1.08. The van der Waals surface area contributed by atoms with Gasteiger partial charge in [-0.15, -0.1) is 5.10 Å². The molecule has 1 amide bonds. The molecule has 0 spiro atoms. The number of halogens is 1. The van der Waals surface area contributed by atoms with E-state index in [0.717, 1.165) is 6.07 Å². The summed E-state index contributed by atoms with van der Waals surface area (Å²) in [6, 6.07) is 3.86. The van der Waals surface area contributed by atoms with Crippen molar-refractivity contribution in [2.24, 2.45) is 5.73 Å². The van der Waals surface area contributed by atoms with E-state index in [-0.39, 0.29) is 18.1 Å². The Hall–Kier alpha value is -2.72. The molecule has 6 nitrogen and oxygen atoms in total. The van der Waals surface area contributed by atoms with E-state index in [1.54, 1.807) is 6.92 Å². The Kier molecular flexibility index (Phi) is 4.08. The molecule has 0 bridgehead atoms. The monoisotopic (exact) mass is 274 g/mol. The Balaban J connectivity index is 2.24. The van der Waals surface area contributed by atoms with E-state index in [1.807, 2.05) is 0 Å². The second-order valence-electron chi connectivity index (χ2n) is 3.78. The zero-order chi connectivity index (χ0) is 14.5. The van der Waals surface area contributed by atoms with Crippen molar-refractivity contribution in [2.45, 2.75) is 6.92 Å². The number of nitrogens with zero attached hydrogens (tertiary/aromatic N) is 2. The molecule has 0 radical (unpaired) electrons. The molecule has 0 aliphatic heterocycles. The highest BCUT2D eigenvalue weighted by Crippen LogP contribution is 2.13. The molecule has 102 valence electrons. The highest BCUT2D eigenvalue weighted by atomic mass is 19.1. The Morgan fingerprint density at radius 2 is 2.30 bits per heavy atom. The SMILES string of the molecule is Cc1nnc(NC(=O)c2cc(C#CCN)ccc2F)o1. The number of hydrogen-bond acceptors (Lipinski definition) is 5.